The second kappa shape index (κ2) is 6.24. The zero-order valence-corrected chi connectivity index (χ0v) is 12.2. The fourth-order valence-electron chi connectivity index (χ4n) is 2.60. The lowest BCUT2D eigenvalue weighted by atomic mass is 9.99. The summed E-state index contributed by atoms with van der Waals surface area (Å²) in [7, 11) is 0. The number of aromatic nitrogens is 2. The molecular weight excluding hydrogens is 276 g/mol. The largest absolute Gasteiger partial charge is 0.348 e. The lowest BCUT2D eigenvalue weighted by Gasteiger charge is -2.30. The molecule has 0 aliphatic carbocycles. The maximum atomic E-state index is 12.3. The van der Waals surface area contributed by atoms with Gasteiger partial charge in [-0.25, -0.2) is 4.52 Å². The van der Waals surface area contributed by atoms with Crippen LogP contribution in [0, 0.1) is 0 Å². The first-order valence-corrected chi connectivity index (χ1v) is 6.72. The van der Waals surface area contributed by atoms with E-state index < -0.39 is 0 Å². The molecule has 1 aliphatic heterocycles. The molecule has 2 aromatic heterocycles. The highest BCUT2D eigenvalue weighted by atomic mass is 35.5. The van der Waals surface area contributed by atoms with Crippen LogP contribution in [0.3, 0.4) is 0 Å². The van der Waals surface area contributed by atoms with Crippen molar-refractivity contribution in [3.8, 4) is 0 Å². The Morgan fingerprint density at radius 3 is 3.15 bits per heavy atom. The van der Waals surface area contributed by atoms with Crippen LogP contribution in [-0.2, 0) is 0 Å². The van der Waals surface area contributed by atoms with E-state index in [4.69, 9.17) is 0 Å². The number of rotatable bonds is 2. The highest BCUT2D eigenvalue weighted by Gasteiger charge is 2.23. The van der Waals surface area contributed by atoms with Crippen LogP contribution in [0.15, 0.2) is 30.6 Å². The van der Waals surface area contributed by atoms with Crippen LogP contribution in [0.2, 0.25) is 0 Å². The Hall–Kier alpha value is -1.59. The molecule has 6 heteroatoms. The van der Waals surface area contributed by atoms with Crippen molar-refractivity contribution in [3.63, 3.8) is 0 Å². The monoisotopic (exact) mass is 294 g/mol. The number of carbonyl (C=O) groups is 1. The first kappa shape index (κ1) is 14.8. The number of nitrogens with one attached hydrogen (secondary N) is 2. The van der Waals surface area contributed by atoms with Gasteiger partial charge < -0.3 is 10.6 Å². The van der Waals surface area contributed by atoms with E-state index in [1.54, 1.807) is 10.7 Å². The zero-order chi connectivity index (χ0) is 13.2. The summed E-state index contributed by atoms with van der Waals surface area (Å²) in [6.07, 6.45) is 5.60. The fourth-order valence-corrected chi connectivity index (χ4v) is 2.60. The molecule has 0 saturated carbocycles. The average molecular weight is 295 g/mol. The molecule has 5 nitrogen and oxygen atoms in total. The number of piperidine rings is 1. The zero-order valence-electron chi connectivity index (χ0n) is 11.4. The van der Waals surface area contributed by atoms with Crippen LogP contribution in [0.25, 0.3) is 5.52 Å². The van der Waals surface area contributed by atoms with Gasteiger partial charge in [0.1, 0.15) is 0 Å². The summed E-state index contributed by atoms with van der Waals surface area (Å²) in [6.45, 7) is 3.14. The number of fused-ring (bicyclic) bond motifs is 1. The number of hydrogen-bond donors (Lipinski definition) is 2. The SMILES string of the molecule is CC1NCCCC1NC(=O)c1cnn2ccccc12.Cl. The van der Waals surface area contributed by atoms with Crippen LogP contribution in [0.4, 0.5) is 0 Å². The molecule has 1 fully saturated rings. The minimum absolute atomic E-state index is 0. The van der Waals surface area contributed by atoms with E-state index in [0.29, 0.717) is 11.6 Å². The predicted octanol–water partition coefficient (Wildman–Crippen LogP) is 1.63. The van der Waals surface area contributed by atoms with Crippen molar-refractivity contribution >= 4 is 23.8 Å². The smallest absolute Gasteiger partial charge is 0.255 e. The Labute approximate surface area is 124 Å². The summed E-state index contributed by atoms with van der Waals surface area (Å²) in [4.78, 5) is 12.3. The first-order chi connectivity index (χ1) is 9.25. The van der Waals surface area contributed by atoms with Gasteiger partial charge in [0.15, 0.2) is 0 Å². The fraction of sp³-hybridized carbons (Fsp3) is 0.429. The highest BCUT2D eigenvalue weighted by molar-refractivity contribution is 6.00. The summed E-state index contributed by atoms with van der Waals surface area (Å²) >= 11 is 0. The quantitative estimate of drug-likeness (QED) is 0.885. The normalized spacial score (nSPS) is 22.2. The Morgan fingerprint density at radius 1 is 1.50 bits per heavy atom. The molecule has 2 N–H and O–H groups in total. The van der Waals surface area contributed by atoms with Crippen LogP contribution >= 0.6 is 12.4 Å². The lowest BCUT2D eigenvalue weighted by molar-refractivity contribution is 0.0921. The molecule has 20 heavy (non-hydrogen) atoms. The number of pyridine rings is 1. The van der Waals surface area contributed by atoms with Crippen molar-refractivity contribution in [3.05, 3.63) is 36.2 Å². The van der Waals surface area contributed by atoms with Crippen LogP contribution in [0.1, 0.15) is 30.1 Å². The van der Waals surface area contributed by atoms with Crippen molar-refractivity contribution in [2.45, 2.75) is 31.8 Å². The van der Waals surface area contributed by atoms with Crippen molar-refractivity contribution in [1.82, 2.24) is 20.2 Å². The molecular formula is C14H19ClN4O. The molecule has 108 valence electrons. The molecule has 0 radical (unpaired) electrons. The molecule has 1 aliphatic rings. The predicted molar refractivity (Wildman–Crippen MR) is 80.4 cm³/mol. The van der Waals surface area contributed by atoms with Crippen LogP contribution in [0.5, 0.6) is 0 Å². The van der Waals surface area contributed by atoms with Crippen molar-refractivity contribution in [2.24, 2.45) is 0 Å². The molecule has 3 heterocycles. The second-order valence-corrected chi connectivity index (χ2v) is 5.05. The van der Waals surface area contributed by atoms with E-state index in [1.165, 1.54) is 0 Å². The summed E-state index contributed by atoms with van der Waals surface area (Å²) in [6, 6.07) is 6.23. The van der Waals surface area contributed by atoms with E-state index >= 15 is 0 Å². The second-order valence-electron chi connectivity index (χ2n) is 5.05. The summed E-state index contributed by atoms with van der Waals surface area (Å²) in [5.74, 6) is -0.0400. The van der Waals surface area contributed by atoms with E-state index in [2.05, 4.69) is 22.7 Å². The Morgan fingerprint density at radius 2 is 2.35 bits per heavy atom. The number of carbonyl (C=O) groups excluding carboxylic acids is 1. The van der Waals surface area contributed by atoms with Gasteiger partial charge in [0, 0.05) is 18.3 Å². The molecule has 0 spiro atoms. The molecule has 2 aromatic rings. The van der Waals surface area contributed by atoms with Crippen molar-refractivity contribution in [2.75, 3.05) is 6.54 Å². The van der Waals surface area contributed by atoms with Crippen molar-refractivity contribution < 1.29 is 4.79 Å². The van der Waals surface area contributed by atoms with Gasteiger partial charge in [-0.15, -0.1) is 12.4 Å². The van der Waals surface area contributed by atoms with Gasteiger partial charge in [0.2, 0.25) is 0 Å². The van der Waals surface area contributed by atoms with Crippen molar-refractivity contribution in [1.29, 1.82) is 0 Å². The molecule has 1 amide bonds. The van der Waals surface area contributed by atoms with Gasteiger partial charge in [-0.05, 0) is 38.4 Å². The summed E-state index contributed by atoms with van der Waals surface area (Å²) in [5, 5.41) is 10.7. The van der Waals surface area contributed by atoms with E-state index in [1.807, 2.05) is 24.4 Å². The summed E-state index contributed by atoms with van der Waals surface area (Å²) < 4.78 is 1.72. The van der Waals surface area contributed by atoms with E-state index in [9.17, 15) is 4.79 Å². The van der Waals surface area contributed by atoms with Gasteiger partial charge in [-0.1, -0.05) is 6.07 Å². The van der Waals surface area contributed by atoms with Gasteiger partial charge in [0.25, 0.3) is 5.91 Å². The third-order valence-electron chi connectivity index (χ3n) is 3.75. The molecule has 1 saturated heterocycles. The van der Waals surface area contributed by atoms with Gasteiger partial charge in [-0.2, -0.15) is 5.10 Å². The number of halogens is 1. The third-order valence-corrected chi connectivity index (χ3v) is 3.75. The number of amides is 1. The van der Waals surface area contributed by atoms with Gasteiger partial charge in [-0.3, -0.25) is 4.79 Å². The molecule has 3 rings (SSSR count). The van der Waals surface area contributed by atoms with Gasteiger partial charge in [0.05, 0.1) is 17.3 Å². The Bertz CT molecular complexity index is 598. The first-order valence-electron chi connectivity index (χ1n) is 6.72. The Balaban J connectivity index is 0.00000147. The Kier molecular flexibility index (Phi) is 4.62. The van der Waals surface area contributed by atoms with Crippen LogP contribution in [-0.4, -0.2) is 34.1 Å². The van der Waals surface area contributed by atoms with E-state index in [-0.39, 0.29) is 24.4 Å². The molecule has 0 aromatic carbocycles. The standard InChI is InChI=1S/C14H18N4O.ClH/c1-10-12(5-4-7-15-10)17-14(19)11-9-16-18-8-3-2-6-13(11)18;/h2-3,6,8-10,12,15H,4-5,7H2,1H3,(H,17,19);1H. The number of nitrogens with zero attached hydrogens (tertiary/aromatic N) is 2. The van der Waals surface area contributed by atoms with E-state index in [0.717, 1.165) is 24.9 Å². The van der Waals surface area contributed by atoms with Crippen LogP contribution < -0.4 is 10.6 Å². The minimum Gasteiger partial charge on any atom is -0.348 e. The molecule has 0 bridgehead atoms. The third kappa shape index (κ3) is 2.78. The maximum Gasteiger partial charge on any atom is 0.255 e. The maximum absolute atomic E-state index is 12.3. The minimum atomic E-state index is -0.0400. The topological polar surface area (TPSA) is 58.4 Å². The lowest BCUT2D eigenvalue weighted by Crippen LogP contribution is -2.51. The number of hydrogen-bond acceptors (Lipinski definition) is 3. The summed E-state index contributed by atoms with van der Waals surface area (Å²) in [5.41, 5.74) is 1.48. The highest BCUT2D eigenvalue weighted by Crippen LogP contribution is 2.13. The molecule has 2 atom stereocenters. The average Bonchev–Trinajstić information content (AvgIpc) is 2.85. The molecule has 2 unspecified atom stereocenters. The van der Waals surface area contributed by atoms with Gasteiger partial charge >= 0.3 is 0 Å².